The molecular formula is C23H24N4O3S. The highest BCUT2D eigenvalue weighted by Gasteiger charge is 2.16. The number of anilines is 1. The number of thiophene rings is 1. The van der Waals surface area contributed by atoms with Crippen molar-refractivity contribution in [1.82, 2.24) is 14.5 Å². The van der Waals surface area contributed by atoms with E-state index in [1.165, 1.54) is 17.7 Å². The molecule has 1 aromatic carbocycles. The lowest BCUT2D eigenvalue weighted by Gasteiger charge is -2.11. The first-order chi connectivity index (χ1) is 15.0. The number of aromatic nitrogens is 3. The maximum atomic E-state index is 11.5. The van der Waals surface area contributed by atoms with Crippen molar-refractivity contribution in [3.05, 3.63) is 58.9 Å². The zero-order chi connectivity index (χ0) is 22.0. The Balaban J connectivity index is 1.50. The van der Waals surface area contributed by atoms with Gasteiger partial charge in [0.25, 0.3) is 0 Å². The topological polar surface area (TPSA) is 89.3 Å². The third-order valence-electron chi connectivity index (χ3n) is 5.28. The number of carboxylic acid groups (broad SMARTS) is 1. The van der Waals surface area contributed by atoms with Crippen LogP contribution in [0.3, 0.4) is 0 Å². The smallest absolute Gasteiger partial charge is 0.346 e. The number of methoxy groups -OCH3 is 1. The van der Waals surface area contributed by atoms with Crippen molar-refractivity contribution in [2.45, 2.75) is 26.8 Å². The molecule has 0 unspecified atom stereocenters. The summed E-state index contributed by atoms with van der Waals surface area (Å²) in [7, 11) is 1.69. The minimum absolute atomic E-state index is 0.371. The van der Waals surface area contributed by atoms with Crippen molar-refractivity contribution < 1.29 is 14.6 Å². The van der Waals surface area contributed by atoms with Gasteiger partial charge >= 0.3 is 5.97 Å². The maximum Gasteiger partial charge on any atom is 0.346 e. The molecule has 0 saturated heterocycles. The summed E-state index contributed by atoms with van der Waals surface area (Å²) in [5.41, 5.74) is 3.84. The molecule has 0 bridgehead atoms. The Morgan fingerprint density at radius 2 is 2.10 bits per heavy atom. The van der Waals surface area contributed by atoms with Crippen molar-refractivity contribution in [3.8, 4) is 16.3 Å². The Hall–Kier alpha value is -3.39. The molecule has 0 fully saturated rings. The Morgan fingerprint density at radius 3 is 2.81 bits per heavy atom. The van der Waals surface area contributed by atoms with E-state index in [2.05, 4.69) is 38.9 Å². The first kappa shape index (κ1) is 20.9. The number of hydrogen-bond donors (Lipinski definition) is 2. The molecule has 160 valence electrons. The van der Waals surface area contributed by atoms with Gasteiger partial charge in [0.1, 0.15) is 22.8 Å². The van der Waals surface area contributed by atoms with Crippen LogP contribution in [0.25, 0.3) is 21.5 Å². The molecular weight excluding hydrogens is 412 g/mol. The number of rotatable bonds is 8. The molecule has 0 aliphatic rings. The van der Waals surface area contributed by atoms with E-state index < -0.39 is 5.97 Å². The summed E-state index contributed by atoms with van der Waals surface area (Å²) in [6.45, 7) is 5.49. The Morgan fingerprint density at radius 1 is 1.26 bits per heavy atom. The van der Waals surface area contributed by atoms with Crippen molar-refractivity contribution in [2.24, 2.45) is 0 Å². The maximum absolute atomic E-state index is 11.5. The molecule has 0 saturated carbocycles. The highest BCUT2D eigenvalue weighted by atomic mass is 32.1. The standard InChI is InChI=1S/C23H24N4O3S/c1-4-15-11-20(31-22(15)23(28)29)17-12-21(26-13-25-17)24-8-9-27-14(2)10-16-18(27)6-5-7-19(16)30-3/h5-7,10-13H,4,8-9H2,1-3H3,(H,28,29)(H,24,25,26). The number of carboxylic acids is 1. The molecule has 7 nitrogen and oxygen atoms in total. The van der Waals surface area contributed by atoms with Crippen LogP contribution in [0.2, 0.25) is 0 Å². The number of aromatic carboxylic acids is 1. The summed E-state index contributed by atoms with van der Waals surface area (Å²) in [6.07, 6.45) is 2.17. The van der Waals surface area contributed by atoms with E-state index in [0.717, 1.165) is 45.0 Å². The molecule has 0 spiro atoms. The van der Waals surface area contributed by atoms with Crippen molar-refractivity contribution >= 4 is 34.0 Å². The molecule has 0 aliphatic heterocycles. The Labute approximate surface area is 184 Å². The molecule has 8 heteroatoms. The first-order valence-corrected chi connectivity index (χ1v) is 10.9. The van der Waals surface area contributed by atoms with E-state index in [0.29, 0.717) is 23.7 Å². The average Bonchev–Trinajstić information content (AvgIpc) is 3.35. The Bertz CT molecular complexity index is 1250. The van der Waals surface area contributed by atoms with Crippen LogP contribution < -0.4 is 10.1 Å². The molecule has 0 atom stereocenters. The summed E-state index contributed by atoms with van der Waals surface area (Å²) in [4.78, 5) is 21.3. The van der Waals surface area contributed by atoms with Crippen LogP contribution >= 0.6 is 11.3 Å². The number of ether oxygens (including phenoxy) is 1. The quantitative estimate of drug-likeness (QED) is 0.410. The predicted octanol–water partition coefficient (Wildman–Crippen LogP) is 4.85. The molecule has 4 rings (SSSR count). The van der Waals surface area contributed by atoms with Gasteiger partial charge in [0.2, 0.25) is 0 Å². The van der Waals surface area contributed by atoms with Gasteiger partial charge in [-0.1, -0.05) is 13.0 Å². The summed E-state index contributed by atoms with van der Waals surface area (Å²) < 4.78 is 7.72. The van der Waals surface area contributed by atoms with Crippen molar-refractivity contribution in [3.63, 3.8) is 0 Å². The van der Waals surface area contributed by atoms with Gasteiger partial charge < -0.3 is 19.7 Å². The molecule has 2 N–H and O–H groups in total. The third-order valence-corrected chi connectivity index (χ3v) is 6.47. The Kier molecular flexibility index (Phi) is 5.90. The van der Waals surface area contributed by atoms with E-state index >= 15 is 0 Å². The fourth-order valence-corrected chi connectivity index (χ4v) is 4.81. The lowest BCUT2D eigenvalue weighted by atomic mass is 10.2. The molecule has 4 aromatic rings. The van der Waals surface area contributed by atoms with Crippen LogP contribution in [0, 0.1) is 6.92 Å². The lowest BCUT2D eigenvalue weighted by Crippen LogP contribution is -2.12. The fraction of sp³-hybridized carbons (Fsp3) is 0.261. The number of carbonyl (C=O) groups is 1. The zero-order valence-corrected chi connectivity index (χ0v) is 18.5. The molecule has 3 aromatic heterocycles. The van der Waals surface area contributed by atoms with Gasteiger partial charge in [0.15, 0.2) is 0 Å². The second-order valence-electron chi connectivity index (χ2n) is 7.17. The van der Waals surface area contributed by atoms with Crippen molar-refractivity contribution in [1.29, 1.82) is 0 Å². The normalized spacial score (nSPS) is 11.1. The summed E-state index contributed by atoms with van der Waals surface area (Å²) >= 11 is 1.25. The van der Waals surface area contributed by atoms with Crippen LogP contribution in [0.4, 0.5) is 5.82 Å². The third kappa shape index (κ3) is 4.11. The predicted molar refractivity (Wildman–Crippen MR) is 123 cm³/mol. The largest absolute Gasteiger partial charge is 0.496 e. The molecule has 31 heavy (non-hydrogen) atoms. The SMILES string of the molecule is CCc1cc(-c2cc(NCCn3c(C)cc4c(OC)cccc43)ncn2)sc1C(=O)O. The second-order valence-corrected chi connectivity index (χ2v) is 8.22. The number of aryl methyl sites for hydroxylation is 2. The minimum Gasteiger partial charge on any atom is -0.496 e. The van der Waals surface area contributed by atoms with E-state index in [9.17, 15) is 9.90 Å². The highest BCUT2D eigenvalue weighted by molar-refractivity contribution is 7.17. The van der Waals surface area contributed by atoms with Gasteiger partial charge in [-0.15, -0.1) is 11.3 Å². The van der Waals surface area contributed by atoms with Crippen LogP contribution in [0.15, 0.2) is 42.7 Å². The zero-order valence-electron chi connectivity index (χ0n) is 17.7. The van der Waals surface area contributed by atoms with Crippen LogP contribution in [-0.4, -0.2) is 39.3 Å². The van der Waals surface area contributed by atoms with Gasteiger partial charge in [0.05, 0.1) is 23.2 Å². The number of fused-ring (bicyclic) bond motifs is 1. The van der Waals surface area contributed by atoms with Crippen molar-refractivity contribution in [2.75, 3.05) is 19.0 Å². The van der Waals surface area contributed by atoms with Crippen LogP contribution in [0.5, 0.6) is 5.75 Å². The number of nitrogens with one attached hydrogen (secondary N) is 1. The monoisotopic (exact) mass is 436 g/mol. The minimum atomic E-state index is -0.897. The van der Waals surface area contributed by atoms with E-state index in [1.807, 2.05) is 31.2 Å². The van der Waals surface area contributed by atoms with Crippen LogP contribution in [0.1, 0.15) is 27.9 Å². The van der Waals surface area contributed by atoms with E-state index in [1.54, 1.807) is 7.11 Å². The summed E-state index contributed by atoms with van der Waals surface area (Å²) in [6, 6.07) is 12.0. The average molecular weight is 437 g/mol. The summed E-state index contributed by atoms with van der Waals surface area (Å²) in [5, 5.41) is 13.9. The van der Waals surface area contributed by atoms with Gasteiger partial charge in [-0.2, -0.15) is 0 Å². The fourth-order valence-electron chi connectivity index (χ4n) is 3.75. The molecule has 0 aliphatic carbocycles. The van der Waals surface area contributed by atoms with E-state index in [-0.39, 0.29) is 0 Å². The van der Waals surface area contributed by atoms with Gasteiger partial charge in [0, 0.05) is 30.2 Å². The van der Waals surface area contributed by atoms with E-state index in [4.69, 9.17) is 4.74 Å². The van der Waals surface area contributed by atoms with Gasteiger partial charge in [-0.05, 0) is 43.2 Å². The number of hydrogen-bond acceptors (Lipinski definition) is 6. The number of benzene rings is 1. The lowest BCUT2D eigenvalue weighted by molar-refractivity contribution is 0.0701. The van der Waals surface area contributed by atoms with Gasteiger partial charge in [-0.25, -0.2) is 14.8 Å². The van der Waals surface area contributed by atoms with Crippen LogP contribution in [-0.2, 0) is 13.0 Å². The summed E-state index contributed by atoms with van der Waals surface area (Å²) in [5.74, 6) is 0.683. The molecule has 0 radical (unpaired) electrons. The number of nitrogens with zero attached hydrogens (tertiary/aromatic N) is 3. The van der Waals surface area contributed by atoms with Gasteiger partial charge in [-0.3, -0.25) is 0 Å². The highest BCUT2D eigenvalue weighted by Crippen LogP contribution is 2.32. The second kappa shape index (κ2) is 8.77. The molecule has 0 amide bonds. The molecule has 3 heterocycles. The first-order valence-electron chi connectivity index (χ1n) is 10.1.